The van der Waals surface area contributed by atoms with E-state index in [0.717, 1.165) is 109 Å². The highest BCUT2D eigenvalue weighted by molar-refractivity contribution is 5.71. The molecule has 0 aromatic carbocycles. The molecular weight excluding hydrogens is 1020 g/mol. The van der Waals surface area contributed by atoms with Gasteiger partial charge in [0, 0.05) is 19.3 Å². The van der Waals surface area contributed by atoms with Crippen LogP contribution < -0.4 is 0 Å². The van der Waals surface area contributed by atoms with Crippen molar-refractivity contribution in [3.05, 3.63) is 97.2 Å². The number of hydrogen-bond acceptors (Lipinski definition) is 6. The van der Waals surface area contributed by atoms with Crippen molar-refractivity contribution in [3.63, 3.8) is 0 Å². The normalized spacial score (nSPS) is 12.7. The fraction of sp³-hybridized carbons (Fsp3) is 0.753. The van der Waals surface area contributed by atoms with Crippen LogP contribution in [0.2, 0.25) is 0 Å². The molecule has 478 valence electrons. The Morgan fingerprint density at radius 3 is 0.747 bits per heavy atom. The highest BCUT2D eigenvalue weighted by Gasteiger charge is 2.19. The van der Waals surface area contributed by atoms with Crippen molar-refractivity contribution in [1.29, 1.82) is 0 Å². The van der Waals surface area contributed by atoms with Gasteiger partial charge in [0.15, 0.2) is 6.10 Å². The Morgan fingerprint density at radius 1 is 0.253 bits per heavy atom. The average Bonchev–Trinajstić information content (AvgIpc) is 3.49. The summed E-state index contributed by atoms with van der Waals surface area (Å²) in [6.07, 6.45) is 95.7. The number of carbonyl (C=O) groups is 3. The number of carbonyl (C=O) groups excluding carboxylic acids is 3. The minimum Gasteiger partial charge on any atom is -0.462 e. The summed E-state index contributed by atoms with van der Waals surface area (Å²) in [4.78, 5) is 38.5. The van der Waals surface area contributed by atoms with Gasteiger partial charge in [0.1, 0.15) is 13.2 Å². The van der Waals surface area contributed by atoms with E-state index in [2.05, 4.69) is 118 Å². The molecule has 0 aromatic heterocycles. The SMILES string of the molecule is CC/C=C\C/C=C\C/C=C\C/C=C\C/C=C\C/C=C\C/C=C\CCCCCCCCCCCC(=O)OCC(COC(=O)CCCCCCCCCCCCCCCCCC)OC(=O)CCCCCCCCC/C=C\CCCCCCCCC. The summed E-state index contributed by atoms with van der Waals surface area (Å²) < 4.78 is 17.0. The number of hydrogen-bond donors (Lipinski definition) is 0. The zero-order valence-electron chi connectivity index (χ0n) is 54.9. The van der Waals surface area contributed by atoms with Gasteiger partial charge in [-0.2, -0.15) is 0 Å². The molecule has 0 saturated heterocycles. The van der Waals surface area contributed by atoms with Gasteiger partial charge in [-0.05, 0) is 103 Å². The predicted molar refractivity (Wildman–Crippen MR) is 362 cm³/mol. The Balaban J connectivity index is 4.31. The van der Waals surface area contributed by atoms with Gasteiger partial charge in [-0.1, -0.05) is 330 Å². The van der Waals surface area contributed by atoms with Crippen molar-refractivity contribution in [2.24, 2.45) is 0 Å². The first-order valence-electron chi connectivity index (χ1n) is 35.7. The van der Waals surface area contributed by atoms with Gasteiger partial charge in [-0.25, -0.2) is 0 Å². The van der Waals surface area contributed by atoms with Crippen LogP contribution in [0.3, 0.4) is 0 Å². The molecule has 0 aromatic rings. The third-order valence-corrected chi connectivity index (χ3v) is 15.6. The number of allylic oxidation sites excluding steroid dienone is 16. The van der Waals surface area contributed by atoms with Gasteiger partial charge in [0.25, 0.3) is 0 Å². The Labute approximate surface area is 515 Å². The van der Waals surface area contributed by atoms with Crippen LogP contribution in [0.1, 0.15) is 355 Å². The molecule has 6 nitrogen and oxygen atoms in total. The lowest BCUT2D eigenvalue weighted by Crippen LogP contribution is -2.30. The van der Waals surface area contributed by atoms with Gasteiger partial charge >= 0.3 is 17.9 Å². The van der Waals surface area contributed by atoms with E-state index in [4.69, 9.17) is 14.2 Å². The molecule has 0 radical (unpaired) electrons. The molecule has 0 N–H and O–H groups in total. The van der Waals surface area contributed by atoms with Gasteiger partial charge in [-0.3, -0.25) is 14.4 Å². The summed E-state index contributed by atoms with van der Waals surface area (Å²) in [5, 5.41) is 0. The molecule has 0 fully saturated rings. The molecule has 0 saturated carbocycles. The minimum atomic E-state index is -0.782. The highest BCUT2D eigenvalue weighted by Crippen LogP contribution is 2.17. The van der Waals surface area contributed by atoms with Crippen LogP contribution in [-0.4, -0.2) is 37.2 Å². The van der Waals surface area contributed by atoms with Crippen molar-refractivity contribution in [2.45, 2.75) is 361 Å². The van der Waals surface area contributed by atoms with Crippen LogP contribution >= 0.6 is 0 Å². The monoisotopic (exact) mass is 1160 g/mol. The van der Waals surface area contributed by atoms with Gasteiger partial charge in [-0.15, -0.1) is 0 Å². The lowest BCUT2D eigenvalue weighted by molar-refractivity contribution is -0.167. The lowest BCUT2D eigenvalue weighted by atomic mass is 10.0. The smallest absolute Gasteiger partial charge is 0.306 e. The van der Waals surface area contributed by atoms with Crippen LogP contribution in [0.15, 0.2) is 97.2 Å². The number of unbranched alkanes of at least 4 members (excludes halogenated alkanes) is 38. The first-order valence-corrected chi connectivity index (χ1v) is 35.7. The molecular formula is C77H134O6. The maximum absolute atomic E-state index is 13.0. The molecule has 0 aliphatic carbocycles. The number of rotatable bonds is 65. The molecule has 0 rings (SSSR count). The quantitative estimate of drug-likeness (QED) is 0.0261. The molecule has 0 amide bonds. The standard InChI is InChI=1S/C77H134O6/c1-4-7-10-13-16-19-22-25-28-31-33-34-35-36-37-38-39-40-41-42-43-44-45-47-49-52-55-58-61-64-67-70-76(79)82-73-74(72-81-75(78)69-66-63-60-57-54-51-48-30-27-24-21-18-15-12-9-6-3)83-77(80)71-68-65-62-59-56-53-50-46-32-29-26-23-20-17-14-11-8-5-2/h7,10,16,19,25,28-29,32-34,36-37,39-40,42-43,74H,4-6,8-9,11-15,17-18,20-24,26-27,30-31,35,38,41,44-73H2,1-3H3/b10-7-,19-16-,28-25-,32-29-,34-33-,37-36-,40-39-,43-42-. The molecule has 1 atom stereocenters. The van der Waals surface area contributed by atoms with Crippen LogP contribution in [0.5, 0.6) is 0 Å². The third kappa shape index (κ3) is 69.0. The topological polar surface area (TPSA) is 78.9 Å². The van der Waals surface area contributed by atoms with E-state index >= 15 is 0 Å². The summed E-state index contributed by atoms with van der Waals surface area (Å²) in [6, 6.07) is 0. The molecule has 0 spiro atoms. The predicted octanol–water partition coefficient (Wildman–Crippen LogP) is 24.8. The maximum Gasteiger partial charge on any atom is 0.306 e. The molecule has 83 heavy (non-hydrogen) atoms. The second-order valence-electron chi connectivity index (χ2n) is 23.8. The maximum atomic E-state index is 13.0. The second kappa shape index (κ2) is 70.8. The van der Waals surface area contributed by atoms with Crippen molar-refractivity contribution in [1.82, 2.24) is 0 Å². The zero-order chi connectivity index (χ0) is 59.9. The van der Waals surface area contributed by atoms with E-state index in [1.165, 1.54) is 205 Å². The van der Waals surface area contributed by atoms with Gasteiger partial charge < -0.3 is 14.2 Å². The Morgan fingerprint density at radius 2 is 0.470 bits per heavy atom. The average molecular weight is 1160 g/mol. The van der Waals surface area contributed by atoms with Crippen LogP contribution in [0.25, 0.3) is 0 Å². The Hall–Kier alpha value is -3.67. The van der Waals surface area contributed by atoms with Gasteiger partial charge in [0.2, 0.25) is 0 Å². The largest absolute Gasteiger partial charge is 0.462 e. The van der Waals surface area contributed by atoms with E-state index in [0.29, 0.717) is 19.3 Å². The van der Waals surface area contributed by atoms with E-state index in [-0.39, 0.29) is 31.1 Å². The van der Waals surface area contributed by atoms with Gasteiger partial charge in [0.05, 0.1) is 0 Å². The van der Waals surface area contributed by atoms with Crippen molar-refractivity contribution in [2.75, 3.05) is 13.2 Å². The Kier molecular flexibility index (Phi) is 67.7. The number of ether oxygens (including phenoxy) is 3. The van der Waals surface area contributed by atoms with Crippen molar-refractivity contribution >= 4 is 17.9 Å². The lowest BCUT2D eigenvalue weighted by Gasteiger charge is -2.18. The summed E-state index contributed by atoms with van der Waals surface area (Å²) in [5.74, 6) is -0.869. The van der Waals surface area contributed by atoms with Crippen molar-refractivity contribution in [3.8, 4) is 0 Å². The highest BCUT2D eigenvalue weighted by atomic mass is 16.6. The molecule has 6 heteroatoms. The van der Waals surface area contributed by atoms with Crippen molar-refractivity contribution < 1.29 is 28.6 Å². The van der Waals surface area contributed by atoms with E-state index in [1.807, 2.05) is 0 Å². The molecule has 0 aliphatic rings. The zero-order valence-corrected chi connectivity index (χ0v) is 54.9. The summed E-state index contributed by atoms with van der Waals surface area (Å²) >= 11 is 0. The number of esters is 3. The van der Waals surface area contributed by atoms with E-state index in [9.17, 15) is 14.4 Å². The molecule has 0 heterocycles. The van der Waals surface area contributed by atoms with E-state index in [1.54, 1.807) is 0 Å². The third-order valence-electron chi connectivity index (χ3n) is 15.6. The fourth-order valence-electron chi connectivity index (χ4n) is 10.2. The first kappa shape index (κ1) is 79.3. The summed E-state index contributed by atoms with van der Waals surface area (Å²) in [5.41, 5.74) is 0. The van der Waals surface area contributed by atoms with Crippen LogP contribution in [-0.2, 0) is 28.6 Å². The fourth-order valence-corrected chi connectivity index (χ4v) is 10.2. The summed E-state index contributed by atoms with van der Waals surface area (Å²) in [6.45, 7) is 6.57. The second-order valence-corrected chi connectivity index (χ2v) is 23.8. The molecule has 1 unspecified atom stereocenters. The summed E-state index contributed by atoms with van der Waals surface area (Å²) in [7, 11) is 0. The minimum absolute atomic E-state index is 0.0766. The van der Waals surface area contributed by atoms with E-state index < -0.39 is 6.10 Å². The van der Waals surface area contributed by atoms with Crippen LogP contribution in [0, 0.1) is 0 Å². The first-order chi connectivity index (χ1) is 41.0. The molecule has 0 aliphatic heterocycles. The molecule has 0 bridgehead atoms. The Bertz CT molecular complexity index is 1610. The van der Waals surface area contributed by atoms with Crippen LogP contribution in [0.4, 0.5) is 0 Å².